The molecule has 1 amide bonds. The highest BCUT2D eigenvalue weighted by atomic mass is 16.5. The Morgan fingerprint density at radius 1 is 1.37 bits per heavy atom. The van der Waals surface area contributed by atoms with Crippen molar-refractivity contribution in [2.45, 2.75) is 58.5 Å². The number of carbonyl (C=O) groups is 1. The van der Waals surface area contributed by atoms with Crippen molar-refractivity contribution < 1.29 is 9.53 Å². The third-order valence-electron chi connectivity index (χ3n) is 3.93. The molecule has 0 spiro atoms. The molecule has 4 heteroatoms. The molecule has 1 aliphatic carbocycles. The third kappa shape index (κ3) is 6.39. The highest BCUT2D eigenvalue weighted by Crippen LogP contribution is 2.32. The summed E-state index contributed by atoms with van der Waals surface area (Å²) < 4.78 is 5.51. The quantitative estimate of drug-likeness (QED) is 0.639. The average molecular weight is 270 g/mol. The second-order valence-corrected chi connectivity index (χ2v) is 5.66. The molecule has 0 aliphatic heterocycles. The normalized spacial score (nSPS) is 23.7. The lowest BCUT2D eigenvalue weighted by Gasteiger charge is -2.34. The Bertz CT molecular complexity index is 247. The number of ether oxygens (including phenoxy) is 1. The van der Waals surface area contributed by atoms with Crippen LogP contribution in [0, 0.1) is 11.8 Å². The summed E-state index contributed by atoms with van der Waals surface area (Å²) >= 11 is 0. The maximum atomic E-state index is 11.8. The highest BCUT2D eigenvalue weighted by molar-refractivity contribution is 5.76. The number of nitrogens with two attached hydrogens (primary N) is 1. The van der Waals surface area contributed by atoms with Gasteiger partial charge in [-0.15, -0.1) is 0 Å². The Kier molecular flexibility index (Phi) is 8.07. The summed E-state index contributed by atoms with van der Waals surface area (Å²) in [4.78, 5) is 11.8. The fraction of sp³-hybridized carbons (Fsp3) is 0.933. The Hall–Kier alpha value is -0.610. The van der Waals surface area contributed by atoms with Crippen LogP contribution in [-0.2, 0) is 9.53 Å². The number of hydrogen-bond acceptors (Lipinski definition) is 3. The molecule has 0 aromatic rings. The van der Waals surface area contributed by atoms with Gasteiger partial charge < -0.3 is 15.8 Å². The number of carbonyl (C=O) groups excluding carboxylic acids is 1. The van der Waals surface area contributed by atoms with Crippen LogP contribution < -0.4 is 11.1 Å². The fourth-order valence-corrected chi connectivity index (χ4v) is 2.80. The molecule has 1 atom stereocenters. The molecule has 0 heterocycles. The van der Waals surface area contributed by atoms with E-state index in [1.807, 2.05) is 6.92 Å². The minimum atomic E-state index is 0.193. The molecule has 0 radical (unpaired) electrons. The predicted octanol–water partition coefficient (Wildman–Crippen LogP) is 2.07. The standard InChI is InChI=1S/C15H30N2O2/c1-3-5-12(6-7-16)11-17-15(18)10-13-8-14(9-13)19-4-2/h12-14H,3-11,16H2,1-2H3,(H,17,18). The molecule has 3 N–H and O–H groups in total. The summed E-state index contributed by atoms with van der Waals surface area (Å²) in [6.45, 7) is 6.46. The predicted molar refractivity (Wildman–Crippen MR) is 77.8 cm³/mol. The molecule has 0 aromatic carbocycles. The van der Waals surface area contributed by atoms with Gasteiger partial charge in [0.1, 0.15) is 0 Å². The van der Waals surface area contributed by atoms with Crippen LogP contribution in [0.5, 0.6) is 0 Å². The lowest BCUT2D eigenvalue weighted by atomic mass is 9.80. The van der Waals surface area contributed by atoms with Crippen LogP contribution in [0.15, 0.2) is 0 Å². The Balaban J connectivity index is 2.10. The van der Waals surface area contributed by atoms with Crippen LogP contribution in [0.2, 0.25) is 0 Å². The molecular weight excluding hydrogens is 240 g/mol. The molecular formula is C15H30N2O2. The zero-order valence-electron chi connectivity index (χ0n) is 12.5. The molecule has 1 aliphatic rings. The first-order chi connectivity index (χ1) is 9.19. The van der Waals surface area contributed by atoms with Crippen LogP contribution in [0.25, 0.3) is 0 Å². The van der Waals surface area contributed by atoms with Crippen LogP contribution in [0.1, 0.15) is 52.4 Å². The van der Waals surface area contributed by atoms with E-state index < -0.39 is 0 Å². The van der Waals surface area contributed by atoms with E-state index in [2.05, 4.69) is 12.2 Å². The summed E-state index contributed by atoms with van der Waals surface area (Å²) in [6.07, 6.45) is 6.44. The Labute approximate surface area is 117 Å². The van der Waals surface area contributed by atoms with E-state index in [-0.39, 0.29) is 5.91 Å². The van der Waals surface area contributed by atoms with Gasteiger partial charge in [-0.2, -0.15) is 0 Å². The molecule has 1 unspecified atom stereocenters. The van der Waals surface area contributed by atoms with Gasteiger partial charge in [-0.1, -0.05) is 13.3 Å². The topological polar surface area (TPSA) is 64.3 Å². The molecule has 0 aromatic heterocycles. The monoisotopic (exact) mass is 270 g/mol. The summed E-state index contributed by atoms with van der Waals surface area (Å²) in [7, 11) is 0. The zero-order chi connectivity index (χ0) is 14.1. The van der Waals surface area contributed by atoms with E-state index in [0.717, 1.165) is 45.3 Å². The van der Waals surface area contributed by atoms with Crippen molar-refractivity contribution in [3.63, 3.8) is 0 Å². The van der Waals surface area contributed by atoms with Gasteiger partial charge in [0.05, 0.1) is 6.10 Å². The lowest BCUT2D eigenvalue weighted by Crippen LogP contribution is -2.37. The SMILES string of the molecule is CCCC(CCN)CNC(=O)CC1CC(OCC)C1. The van der Waals surface area contributed by atoms with Crippen LogP contribution in [-0.4, -0.2) is 31.7 Å². The maximum Gasteiger partial charge on any atom is 0.220 e. The first kappa shape index (κ1) is 16.4. The van der Waals surface area contributed by atoms with Gasteiger partial charge in [-0.3, -0.25) is 4.79 Å². The van der Waals surface area contributed by atoms with Crippen molar-refractivity contribution >= 4 is 5.91 Å². The maximum absolute atomic E-state index is 11.8. The van der Waals surface area contributed by atoms with Gasteiger partial charge in [0.2, 0.25) is 5.91 Å². The van der Waals surface area contributed by atoms with Gasteiger partial charge in [0.25, 0.3) is 0 Å². The largest absolute Gasteiger partial charge is 0.378 e. The van der Waals surface area contributed by atoms with Crippen molar-refractivity contribution in [1.29, 1.82) is 0 Å². The van der Waals surface area contributed by atoms with Gasteiger partial charge in [0, 0.05) is 19.6 Å². The molecule has 1 rings (SSSR count). The summed E-state index contributed by atoms with van der Waals surface area (Å²) in [5.41, 5.74) is 5.59. The van der Waals surface area contributed by atoms with E-state index >= 15 is 0 Å². The van der Waals surface area contributed by atoms with Crippen LogP contribution in [0.3, 0.4) is 0 Å². The van der Waals surface area contributed by atoms with Gasteiger partial charge in [-0.25, -0.2) is 0 Å². The van der Waals surface area contributed by atoms with Gasteiger partial charge in [-0.05, 0) is 51.0 Å². The van der Waals surface area contributed by atoms with Crippen molar-refractivity contribution in [2.75, 3.05) is 19.7 Å². The fourth-order valence-electron chi connectivity index (χ4n) is 2.80. The average Bonchev–Trinajstić information content (AvgIpc) is 2.34. The molecule has 1 fully saturated rings. The third-order valence-corrected chi connectivity index (χ3v) is 3.93. The zero-order valence-corrected chi connectivity index (χ0v) is 12.5. The van der Waals surface area contributed by atoms with E-state index in [0.29, 0.717) is 30.9 Å². The summed E-state index contributed by atoms with van der Waals surface area (Å²) in [5, 5.41) is 3.06. The minimum absolute atomic E-state index is 0.193. The van der Waals surface area contributed by atoms with Crippen molar-refractivity contribution in [3.05, 3.63) is 0 Å². The summed E-state index contributed by atoms with van der Waals surface area (Å²) in [6, 6.07) is 0. The second kappa shape index (κ2) is 9.32. The molecule has 19 heavy (non-hydrogen) atoms. The van der Waals surface area contributed by atoms with Gasteiger partial charge in [0.15, 0.2) is 0 Å². The first-order valence-corrected chi connectivity index (χ1v) is 7.77. The van der Waals surface area contributed by atoms with E-state index in [1.165, 1.54) is 0 Å². The molecule has 1 saturated carbocycles. The Morgan fingerprint density at radius 3 is 2.68 bits per heavy atom. The number of amides is 1. The second-order valence-electron chi connectivity index (χ2n) is 5.66. The Morgan fingerprint density at radius 2 is 2.11 bits per heavy atom. The number of rotatable bonds is 10. The lowest BCUT2D eigenvalue weighted by molar-refractivity contribution is -0.124. The van der Waals surface area contributed by atoms with Crippen molar-refractivity contribution in [1.82, 2.24) is 5.32 Å². The molecule has 0 saturated heterocycles. The molecule has 4 nitrogen and oxygen atoms in total. The number of hydrogen-bond donors (Lipinski definition) is 2. The van der Waals surface area contributed by atoms with E-state index in [1.54, 1.807) is 0 Å². The smallest absolute Gasteiger partial charge is 0.220 e. The van der Waals surface area contributed by atoms with Crippen LogP contribution >= 0.6 is 0 Å². The highest BCUT2D eigenvalue weighted by Gasteiger charge is 2.30. The van der Waals surface area contributed by atoms with Gasteiger partial charge >= 0.3 is 0 Å². The van der Waals surface area contributed by atoms with Crippen LogP contribution in [0.4, 0.5) is 0 Å². The minimum Gasteiger partial charge on any atom is -0.378 e. The van der Waals surface area contributed by atoms with E-state index in [9.17, 15) is 4.79 Å². The van der Waals surface area contributed by atoms with E-state index in [4.69, 9.17) is 10.5 Å². The summed E-state index contributed by atoms with van der Waals surface area (Å²) in [5.74, 6) is 1.25. The number of nitrogens with one attached hydrogen (secondary N) is 1. The molecule has 112 valence electrons. The molecule has 0 bridgehead atoms. The van der Waals surface area contributed by atoms with Crippen molar-refractivity contribution in [3.8, 4) is 0 Å². The first-order valence-electron chi connectivity index (χ1n) is 7.77. The van der Waals surface area contributed by atoms with Crippen molar-refractivity contribution in [2.24, 2.45) is 17.6 Å².